The number of aliphatic hydroxyl groups is 1. The fourth-order valence-electron chi connectivity index (χ4n) is 1.74. The number of pyridine rings is 1. The molecule has 0 aliphatic rings. The van der Waals surface area contributed by atoms with Crippen molar-refractivity contribution in [2.45, 2.75) is 32.4 Å². The van der Waals surface area contributed by atoms with Crippen LogP contribution in [0.4, 0.5) is 0 Å². The minimum atomic E-state index is -0.656. The number of nitrogens with zero attached hydrogens (tertiary/aromatic N) is 3. The van der Waals surface area contributed by atoms with Crippen LogP contribution >= 0.6 is 11.6 Å². The summed E-state index contributed by atoms with van der Waals surface area (Å²) in [6.07, 6.45) is 4.87. The van der Waals surface area contributed by atoms with Crippen LogP contribution in [0.15, 0.2) is 30.7 Å². The Balaban J connectivity index is 2.11. The summed E-state index contributed by atoms with van der Waals surface area (Å²) in [4.78, 5) is 3.90. The Morgan fingerprint density at radius 1 is 1.39 bits per heavy atom. The van der Waals surface area contributed by atoms with Gasteiger partial charge in [0.2, 0.25) is 0 Å². The second-order valence-electron chi connectivity index (χ2n) is 4.50. The Kier molecular flexibility index (Phi) is 3.99. The van der Waals surface area contributed by atoms with Gasteiger partial charge in [-0.05, 0) is 26.0 Å². The molecule has 0 aliphatic heterocycles. The van der Waals surface area contributed by atoms with Crippen LogP contribution in [-0.4, -0.2) is 19.9 Å². The summed E-state index contributed by atoms with van der Waals surface area (Å²) in [6, 6.07) is 3.96. The van der Waals surface area contributed by atoms with Gasteiger partial charge in [-0.1, -0.05) is 11.6 Å². The molecule has 0 radical (unpaired) electrons. The number of aliphatic hydroxyl groups excluding tert-OH is 1. The molecule has 2 heterocycles. The molecule has 1 N–H and O–H groups in total. The summed E-state index contributed by atoms with van der Waals surface area (Å²) in [5.41, 5.74) is 1.54. The van der Waals surface area contributed by atoms with Crippen molar-refractivity contribution in [3.63, 3.8) is 0 Å². The molecule has 96 valence electrons. The molecule has 1 unspecified atom stereocenters. The van der Waals surface area contributed by atoms with Crippen LogP contribution in [0.2, 0.25) is 5.02 Å². The van der Waals surface area contributed by atoms with Crippen LogP contribution in [0.5, 0.6) is 0 Å². The molecule has 0 saturated carbocycles. The standard InChI is InChI=1S/C13H16ClN3O/c1-9(2)17-6-4-10(16-17)7-13(18)11-3-5-15-8-12(11)14/h3-6,8-9,13,18H,7H2,1-2H3. The van der Waals surface area contributed by atoms with Crippen LogP contribution in [-0.2, 0) is 6.42 Å². The lowest BCUT2D eigenvalue weighted by molar-refractivity contribution is 0.177. The van der Waals surface area contributed by atoms with Gasteiger partial charge in [0, 0.05) is 36.6 Å². The number of aromatic nitrogens is 3. The molecule has 0 aliphatic carbocycles. The van der Waals surface area contributed by atoms with Crippen molar-refractivity contribution in [2.75, 3.05) is 0 Å². The minimum absolute atomic E-state index is 0.320. The first-order valence-electron chi connectivity index (χ1n) is 5.89. The number of halogens is 1. The van der Waals surface area contributed by atoms with Gasteiger partial charge in [-0.2, -0.15) is 5.10 Å². The predicted octanol–water partition coefficient (Wildman–Crippen LogP) is 2.79. The third kappa shape index (κ3) is 2.89. The van der Waals surface area contributed by atoms with E-state index in [0.717, 1.165) is 5.69 Å². The molecule has 0 spiro atoms. The van der Waals surface area contributed by atoms with Gasteiger partial charge in [-0.3, -0.25) is 9.67 Å². The van der Waals surface area contributed by atoms with Crippen LogP contribution < -0.4 is 0 Å². The number of hydrogen-bond donors (Lipinski definition) is 1. The van der Waals surface area contributed by atoms with Gasteiger partial charge in [0.05, 0.1) is 16.8 Å². The van der Waals surface area contributed by atoms with Crippen molar-refractivity contribution in [3.05, 3.63) is 47.0 Å². The molecular weight excluding hydrogens is 250 g/mol. The first kappa shape index (κ1) is 13.1. The van der Waals surface area contributed by atoms with E-state index in [1.807, 2.05) is 16.9 Å². The van der Waals surface area contributed by atoms with Gasteiger partial charge < -0.3 is 5.11 Å². The fraction of sp³-hybridized carbons (Fsp3) is 0.385. The van der Waals surface area contributed by atoms with Crippen molar-refractivity contribution in [3.8, 4) is 0 Å². The van der Waals surface area contributed by atoms with E-state index in [-0.39, 0.29) is 0 Å². The number of rotatable bonds is 4. The Labute approximate surface area is 111 Å². The molecule has 2 aromatic heterocycles. The predicted molar refractivity (Wildman–Crippen MR) is 70.5 cm³/mol. The van der Waals surface area contributed by atoms with E-state index >= 15 is 0 Å². The van der Waals surface area contributed by atoms with Crippen LogP contribution in [0.1, 0.15) is 37.3 Å². The van der Waals surface area contributed by atoms with E-state index in [4.69, 9.17) is 11.6 Å². The minimum Gasteiger partial charge on any atom is -0.388 e. The van der Waals surface area contributed by atoms with Crippen molar-refractivity contribution in [2.24, 2.45) is 0 Å². The highest BCUT2D eigenvalue weighted by atomic mass is 35.5. The second-order valence-corrected chi connectivity index (χ2v) is 4.91. The molecule has 0 bridgehead atoms. The van der Waals surface area contributed by atoms with Gasteiger partial charge in [0.15, 0.2) is 0 Å². The first-order valence-corrected chi connectivity index (χ1v) is 6.27. The average Bonchev–Trinajstić information content (AvgIpc) is 2.78. The van der Waals surface area contributed by atoms with E-state index in [9.17, 15) is 5.11 Å². The van der Waals surface area contributed by atoms with E-state index in [1.54, 1.807) is 12.3 Å². The van der Waals surface area contributed by atoms with Crippen molar-refractivity contribution >= 4 is 11.6 Å². The molecule has 0 fully saturated rings. The maximum atomic E-state index is 10.1. The third-order valence-corrected chi connectivity index (χ3v) is 3.07. The van der Waals surface area contributed by atoms with Crippen molar-refractivity contribution in [1.29, 1.82) is 0 Å². The van der Waals surface area contributed by atoms with E-state index in [0.29, 0.717) is 23.0 Å². The Bertz CT molecular complexity index is 524. The van der Waals surface area contributed by atoms with Crippen LogP contribution in [0.25, 0.3) is 0 Å². The van der Waals surface area contributed by atoms with Gasteiger partial charge in [-0.15, -0.1) is 0 Å². The smallest absolute Gasteiger partial charge is 0.0861 e. The van der Waals surface area contributed by atoms with Crippen LogP contribution in [0, 0.1) is 0 Å². The lowest BCUT2D eigenvalue weighted by Crippen LogP contribution is -2.06. The highest BCUT2D eigenvalue weighted by Crippen LogP contribution is 2.24. The molecule has 5 heteroatoms. The summed E-state index contributed by atoms with van der Waals surface area (Å²) in [5.74, 6) is 0. The maximum Gasteiger partial charge on any atom is 0.0861 e. The van der Waals surface area contributed by atoms with Crippen LogP contribution in [0.3, 0.4) is 0 Å². The molecule has 1 atom stereocenters. The summed E-state index contributed by atoms with van der Waals surface area (Å²) in [7, 11) is 0. The van der Waals surface area contributed by atoms with E-state index in [2.05, 4.69) is 23.9 Å². The highest BCUT2D eigenvalue weighted by Gasteiger charge is 2.14. The molecule has 0 amide bonds. The molecule has 0 saturated heterocycles. The Hall–Kier alpha value is -1.39. The SMILES string of the molecule is CC(C)n1ccc(CC(O)c2ccncc2Cl)n1. The molecule has 18 heavy (non-hydrogen) atoms. The van der Waals surface area contributed by atoms with Gasteiger partial charge in [0.1, 0.15) is 0 Å². The zero-order valence-electron chi connectivity index (χ0n) is 10.4. The monoisotopic (exact) mass is 265 g/mol. The zero-order chi connectivity index (χ0) is 13.1. The lowest BCUT2D eigenvalue weighted by Gasteiger charge is -2.10. The van der Waals surface area contributed by atoms with Gasteiger partial charge >= 0.3 is 0 Å². The van der Waals surface area contributed by atoms with E-state index in [1.165, 1.54) is 6.20 Å². The molecule has 4 nitrogen and oxygen atoms in total. The third-order valence-electron chi connectivity index (χ3n) is 2.76. The van der Waals surface area contributed by atoms with E-state index < -0.39 is 6.10 Å². The van der Waals surface area contributed by atoms with Crippen molar-refractivity contribution in [1.82, 2.24) is 14.8 Å². The summed E-state index contributed by atoms with van der Waals surface area (Å²) in [5, 5.41) is 15.0. The Morgan fingerprint density at radius 3 is 2.78 bits per heavy atom. The fourth-order valence-corrected chi connectivity index (χ4v) is 1.98. The molecule has 2 rings (SSSR count). The largest absolute Gasteiger partial charge is 0.388 e. The first-order chi connectivity index (χ1) is 8.58. The van der Waals surface area contributed by atoms with Crippen molar-refractivity contribution < 1.29 is 5.11 Å². The lowest BCUT2D eigenvalue weighted by atomic mass is 10.1. The highest BCUT2D eigenvalue weighted by molar-refractivity contribution is 6.31. The molecule has 0 aromatic carbocycles. The summed E-state index contributed by atoms with van der Waals surface area (Å²) < 4.78 is 1.87. The summed E-state index contributed by atoms with van der Waals surface area (Å²) in [6.45, 7) is 4.12. The Morgan fingerprint density at radius 2 is 2.17 bits per heavy atom. The number of hydrogen-bond acceptors (Lipinski definition) is 3. The van der Waals surface area contributed by atoms with Gasteiger partial charge in [-0.25, -0.2) is 0 Å². The quantitative estimate of drug-likeness (QED) is 0.925. The maximum absolute atomic E-state index is 10.1. The average molecular weight is 266 g/mol. The second kappa shape index (κ2) is 5.50. The molecular formula is C13H16ClN3O. The molecule has 2 aromatic rings. The topological polar surface area (TPSA) is 50.9 Å². The zero-order valence-corrected chi connectivity index (χ0v) is 11.2. The summed E-state index contributed by atoms with van der Waals surface area (Å²) >= 11 is 5.99. The van der Waals surface area contributed by atoms with Gasteiger partial charge in [0.25, 0.3) is 0 Å². The normalized spacial score (nSPS) is 12.9.